The zero-order valence-electron chi connectivity index (χ0n) is 23.8. The van der Waals surface area contributed by atoms with Crippen LogP contribution in [0.3, 0.4) is 0 Å². The zero-order chi connectivity index (χ0) is 29.4. The van der Waals surface area contributed by atoms with Crippen LogP contribution in [0.2, 0.25) is 0 Å². The smallest absolute Gasteiger partial charge is 0.312 e. The molecule has 0 aliphatic rings. The number of nitrogens with two attached hydrogens (primary N) is 1. The average Bonchev–Trinajstić information content (AvgIpc) is 3.23. The molecule has 2 atom stereocenters. The summed E-state index contributed by atoms with van der Waals surface area (Å²) in [5.41, 5.74) is 5.09. The number of carbonyl (C=O) groups is 3. The topological polar surface area (TPSA) is 178 Å². The molecule has 0 spiro atoms. The average molecular weight is 566 g/mol. The molecule has 0 aromatic carbocycles. The van der Waals surface area contributed by atoms with Gasteiger partial charge in [0.15, 0.2) is 20.6 Å². The molecule has 12 nitrogen and oxygen atoms in total. The number of primary amides is 1. The van der Waals surface area contributed by atoms with Crippen molar-refractivity contribution in [1.29, 1.82) is 0 Å². The van der Waals surface area contributed by atoms with Crippen molar-refractivity contribution >= 4 is 38.6 Å². The lowest BCUT2D eigenvalue weighted by Gasteiger charge is -2.29. The van der Waals surface area contributed by atoms with Crippen molar-refractivity contribution in [2.45, 2.75) is 84.0 Å². The van der Waals surface area contributed by atoms with Gasteiger partial charge in [0.25, 0.3) is 0 Å². The van der Waals surface area contributed by atoms with Gasteiger partial charge in [0.1, 0.15) is 12.0 Å². The Morgan fingerprint density at radius 3 is 2.41 bits per heavy atom. The Labute approximate surface area is 230 Å². The summed E-state index contributed by atoms with van der Waals surface area (Å²) < 4.78 is 25.8. The fraction of sp³-hybridized carbons (Fsp3) is 0.654. The van der Waals surface area contributed by atoms with Gasteiger partial charge in [-0.25, -0.2) is 23.2 Å². The minimum Gasteiger partial charge on any atom is -0.352 e. The first-order valence-corrected chi connectivity index (χ1v) is 15.1. The quantitative estimate of drug-likeness (QED) is 0.186. The Morgan fingerprint density at radius 2 is 1.82 bits per heavy atom. The first-order valence-electron chi connectivity index (χ1n) is 13.2. The van der Waals surface area contributed by atoms with Crippen molar-refractivity contribution in [3.05, 3.63) is 18.6 Å². The number of carbonyl (C=O) groups excluding carboxylic acids is 3. The van der Waals surface area contributed by atoms with E-state index in [9.17, 15) is 22.8 Å². The number of aromatic nitrogens is 3. The lowest BCUT2D eigenvalue weighted by Crippen LogP contribution is -2.51. The molecule has 2 heterocycles. The van der Waals surface area contributed by atoms with Crippen LogP contribution in [0.15, 0.2) is 23.6 Å². The highest BCUT2D eigenvalue weighted by Gasteiger charge is 2.30. The first-order chi connectivity index (χ1) is 18.1. The van der Waals surface area contributed by atoms with Crippen molar-refractivity contribution < 1.29 is 22.8 Å². The number of ketones is 1. The van der Waals surface area contributed by atoms with E-state index >= 15 is 0 Å². The zero-order valence-corrected chi connectivity index (χ0v) is 24.6. The number of fused-ring (bicyclic) bond motifs is 1. The van der Waals surface area contributed by atoms with Gasteiger partial charge in [-0.3, -0.25) is 9.59 Å². The molecule has 5 N–H and O–H groups in total. The van der Waals surface area contributed by atoms with Crippen LogP contribution in [0.5, 0.6) is 0 Å². The lowest BCUT2D eigenvalue weighted by atomic mass is 9.84. The molecule has 2 aromatic heterocycles. The van der Waals surface area contributed by atoms with E-state index in [1.54, 1.807) is 12.3 Å². The number of sulfone groups is 1. The number of rotatable bonds is 15. The van der Waals surface area contributed by atoms with Crippen LogP contribution >= 0.6 is 0 Å². The SMILES string of the molecule is CC(C)[C@@H](CN[C@@H](CCCNC(N)=O)C(=O)C(C)(C)C)NC(=O)CCCn1ccc2c(S(C)(=O)=O)ncnc21. The predicted molar refractivity (Wildman–Crippen MR) is 150 cm³/mol. The Kier molecular flexibility index (Phi) is 11.4. The lowest BCUT2D eigenvalue weighted by molar-refractivity contribution is -0.128. The maximum absolute atomic E-state index is 13.0. The molecular formula is C26H43N7O5S. The molecule has 0 aliphatic heterocycles. The monoisotopic (exact) mass is 565 g/mol. The van der Waals surface area contributed by atoms with Gasteiger partial charge < -0.3 is 26.3 Å². The Bertz CT molecular complexity index is 1250. The van der Waals surface area contributed by atoms with Crippen molar-refractivity contribution in [2.75, 3.05) is 19.3 Å². The minimum absolute atomic E-state index is 0.0105. The van der Waals surface area contributed by atoms with Gasteiger partial charge in [-0.15, -0.1) is 0 Å². The highest BCUT2D eigenvalue weighted by atomic mass is 32.2. The fourth-order valence-corrected chi connectivity index (χ4v) is 5.03. The second-order valence-corrected chi connectivity index (χ2v) is 13.2. The third kappa shape index (κ3) is 9.88. The van der Waals surface area contributed by atoms with E-state index in [4.69, 9.17) is 5.73 Å². The van der Waals surface area contributed by atoms with Crippen molar-refractivity contribution in [3.8, 4) is 0 Å². The van der Waals surface area contributed by atoms with E-state index in [0.717, 1.165) is 6.26 Å². The summed E-state index contributed by atoms with van der Waals surface area (Å²) >= 11 is 0. The Balaban J connectivity index is 1.95. The fourth-order valence-electron chi connectivity index (χ4n) is 4.23. The third-order valence-corrected chi connectivity index (χ3v) is 7.46. The molecule has 13 heteroatoms. The summed E-state index contributed by atoms with van der Waals surface area (Å²) in [6.45, 7) is 10.9. The summed E-state index contributed by atoms with van der Waals surface area (Å²) in [4.78, 5) is 44.8. The number of hydrogen-bond acceptors (Lipinski definition) is 8. The molecule has 2 aromatic rings. The number of Topliss-reactive ketones (excluding diaryl/α,β-unsaturated/α-hetero) is 1. The molecule has 0 saturated heterocycles. The molecule has 0 saturated carbocycles. The second kappa shape index (κ2) is 13.8. The number of hydrogen-bond donors (Lipinski definition) is 4. The van der Waals surface area contributed by atoms with Gasteiger partial charge in [0, 0.05) is 50.0 Å². The molecule has 3 amide bonds. The number of amides is 3. The van der Waals surface area contributed by atoms with E-state index in [2.05, 4.69) is 25.9 Å². The second-order valence-electron chi connectivity index (χ2n) is 11.2. The number of nitrogens with one attached hydrogen (secondary N) is 3. The van der Waals surface area contributed by atoms with E-state index in [0.29, 0.717) is 49.9 Å². The van der Waals surface area contributed by atoms with Crippen molar-refractivity contribution in [1.82, 2.24) is 30.5 Å². The summed E-state index contributed by atoms with van der Waals surface area (Å²) in [6.07, 6.45) is 6.02. The highest BCUT2D eigenvalue weighted by Crippen LogP contribution is 2.21. The molecule has 0 unspecified atom stereocenters. The minimum atomic E-state index is -3.48. The van der Waals surface area contributed by atoms with Crippen LogP contribution in [-0.4, -0.2) is 72.1 Å². The predicted octanol–water partition coefficient (Wildman–Crippen LogP) is 1.78. The molecule has 0 aliphatic carbocycles. The summed E-state index contributed by atoms with van der Waals surface area (Å²) in [7, 11) is -3.48. The van der Waals surface area contributed by atoms with Crippen molar-refractivity contribution in [3.63, 3.8) is 0 Å². The van der Waals surface area contributed by atoms with Gasteiger partial charge >= 0.3 is 6.03 Å². The molecule has 0 bridgehead atoms. The Hall–Kier alpha value is -3.06. The highest BCUT2D eigenvalue weighted by molar-refractivity contribution is 7.90. The number of urea groups is 1. The molecule has 0 radical (unpaired) electrons. The van der Waals surface area contributed by atoms with E-state index in [1.165, 1.54) is 6.33 Å². The van der Waals surface area contributed by atoms with Crippen LogP contribution in [0, 0.1) is 11.3 Å². The molecule has 0 fully saturated rings. The van der Waals surface area contributed by atoms with Crippen LogP contribution in [0.1, 0.15) is 60.3 Å². The van der Waals surface area contributed by atoms with Crippen LogP contribution < -0.4 is 21.7 Å². The van der Waals surface area contributed by atoms with Gasteiger partial charge in [-0.2, -0.15) is 0 Å². The maximum Gasteiger partial charge on any atom is 0.312 e. The van der Waals surface area contributed by atoms with Crippen LogP contribution in [-0.2, 0) is 26.0 Å². The normalized spacial score (nSPS) is 13.8. The third-order valence-electron chi connectivity index (χ3n) is 6.43. The van der Waals surface area contributed by atoms with Crippen LogP contribution in [0.25, 0.3) is 11.0 Å². The van der Waals surface area contributed by atoms with Gasteiger partial charge in [-0.1, -0.05) is 34.6 Å². The summed E-state index contributed by atoms with van der Waals surface area (Å²) in [5, 5.41) is 9.41. The molecule has 39 heavy (non-hydrogen) atoms. The van der Waals surface area contributed by atoms with Gasteiger partial charge in [0.2, 0.25) is 5.91 Å². The molecule has 218 valence electrons. The van der Waals surface area contributed by atoms with E-state index in [-0.39, 0.29) is 35.1 Å². The molecular weight excluding hydrogens is 522 g/mol. The van der Waals surface area contributed by atoms with Crippen molar-refractivity contribution in [2.24, 2.45) is 17.1 Å². The molecule has 2 rings (SSSR count). The van der Waals surface area contributed by atoms with E-state index < -0.39 is 27.3 Å². The number of aryl methyl sites for hydroxylation is 1. The van der Waals surface area contributed by atoms with Gasteiger partial charge in [0.05, 0.1) is 11.4 Å². The summed E-state index contributed by atoms with van der Waals surface area (Å²) in [5.74, 6) is 0.0860. The number of nitrogens with zero attached hydrogens (tertiary/aromatic N) is 3. The van der Waals surface area contributed by atoms with Gasteiger partial charge in [-0.05, 0) is 31.2 Å². The standard InChI is InChI=1S/C26H43N7O5S/c1-17(2)20(15-29-19(22(35)26(3,4)5)9-7-12-28-25(27)36)32-21(34)10-8-13-33-14-11-18-23(33)30-16-31-24(18)39(6,37)38/h11,14,16-17,19-20,29H,7-10,12-13,15H2,1-6H3,(H,32,34)(H3,27,28,36)/t19-,20+/m0/s1. The Morgan fingerprint density at radius 1 is 1.13 bits per heavy atom. The van der Waals surface area contributed by atoms with E-state index in [1.807, 2.05) is 39.2 Å². The van der Waals surface area contributed by atoms with Crippen LogP contribution in [0.4, 0.5) is 4.79 Å². The largest absolute Gasteiger partial charge is 0.352 e. The summed E-state index contributed by atoms with van der Waals surface area (Å²) in [6, 6.07) is 0.472. The first kappa shape index (κ1) is 32.2. The maximum atomic E-state index is 13.0.